The van der Waals surface area contributed by atoms with Crippen LogP contribution >= 0.6 is 0 Å². The van der Waals surface area contributed by atoms with Crippen LogP contribution in [0.2, 0.25) is 0 Å². The van der Waals surface area contributed by atoms with E-state index >= 15 is 0 Å². The molecule has 1 N–H and O–H groups in total. The Balaban J connectivity index is 2.71. The SMILES string of the molecule is CCOC1(C)CC=CC=C1O. The van der Waals surface area contributed by atoms with Crippen molar-refractivity contribution < 1.29 is 9.84 Å². The largest absolute Gasteiger partial charge is 0.509 e. The van der Waals surface area contributed by atoms with Gasteiger partial charge in [0.05, 0.1) is 0 Å². The Morgan fingerprint density at radius 1 is 1.73 bits per heavy atom. The molecule has 11 heavy (non-hydrogen) atoms. The van der Waals surface area contributed by atoms with Crippen molar-refractivity contribution in [1.29, 1.82) is 0 Å². The lowest BCUT2D eigenvalue weighted by Gasteiger charge is -2.29. The van der Waals surface area contributed by atoms with E-state index in [2.05, 4.69) is 0 Å². The van der Waals surface area contributed by atoms with Gasteiger partial charge in [-0.05, 0) is 19.9 Å². The van der Waals surface area contributed by atoms with Crippen molar-refractivity contribution >= 4 is 0 Å². The predicted molar refractivity (Wildman–Crippen MR) is 44.5 cm³/mol. The van der Waals surface area contributed by atoms with Gasteiger partial charge in [0.2, 0.25) is 0 Å². The molecule has 2 heteroatoms. The highest BCUT2D eigenvalue weighted by Crippen LogP contribution is 2.26. The first-order valence-corrected chi connectivity index (χ1v) is 3.89. The normalized spacial score (nSPS) is 30.2. The smallest absolute Gasteiger partial charge is 0.125 e. The van der Waals surface area contributed by atoms with Crippen molar-refractivity contribution in [3.63, 3.8) is 0 Å². The third-order valence-corrected chi connectivity index (χ3v) is 1.90. The molecule has 0 heterocycles. The van der Waals surface area contributed by atoms with Crippen LogP contribution in [0.25, 0.3) is 0 Å². The molecule has 0 bridgehead atoms. The fourth-order valence-electron chi connectivity index (χ4n) is 1.18. The summed E-state index contributed by atoms with van der Waals surface area (Å²) in [6, 6.07) is 0. The molecule has 1 atom stereocenters. The Morgan fingerprint density at radius 3 is 3.00 bits per heavy atom. The predicted octanol–water partition coefficient (Wildman–Crippen LogP) is 2.18. The summed E-state index contributed by atoms with van der Waals surface area (Å²) < 4.78 is 5.41. The van der Waals surface area contributed by atoms with Crippen LogP contribution in [0.1, 0.15) is 20.3 Å². The van der Waals surface area contributed by atoms with Gasteiger partial charge in [0.25, 0.3) is 0 Å². The van der Waals surface area contributed by atoms with Crippen LogP contribution < -0.4 is 0 Å². The Bertz CT molecular complexity index is 194. The highest BCUT2D eigenvalue weighted by atomic mass is 16.5. The topological polar surface area (TPSA) is 29.5 Å². The van der Waals surface area contributed by atoms with Crippen LogP contribution in [-0.4, -0.2) is 17.3 Å². The van der Waals surface area contributed by atoms with Gasteiger partial charge in [-0.25, -0.2) is 0 Å². The van der Waals surface area contributed by atoms with Crippen LogP contribution in [-0.2, 0) is 4.74 Å². The van der Waals surface area contributed by atoms with Crippen molar-refractivity contribution in [1.82, 2.24) is 0 Å². The van der Waals surface area contributed by atoms with Gasteiger partial charge in [0.1, 0.15) is 11.4 Å². The van der Waals surface area contributed by atoms with Gasteiger partial charge < -0.3 is 9.84 Å². The summed E-state index contributed by atoms with van der Waals surface area (Å²) in [5, 5.41) is 9.44. The van der Waals surface area contributed by atoms with Gasteiger partial charge in [0.15, 0.2) is 0 Å². The zero-order valence-corrected chi connectivity index (χ0v) is 7.00. The van der Waals surface area contributed by atoms with E-state index in [1.54, 1.807) is 6.08 Å². The first-order valence-electron chi connectivity index (χ1n) is 3.89. The molecule has 0 spiro atoms. The van der Waals surface area contributed by atoms with Crippen molar-refractivity contribution in [3.8, 4) is 0 Å². The fraction of sp³-hybridized carbons (Fsp3) is 0.556. The molecule has 2 nitrogen and oxygen atoms in total. The maximum Gasteiger partial charge on any atom is 0.125 e. The Morgan fingerprint density at radius 2 is 2.45 bits per heavy atom. The van der Waals surface area contributed by atoms with Gasteiger partial charge in [-0.1, -0.05) is 12.2 Å². The highest BCUT2D eigenvalue weighted by Gasteiger charge is 2.29. The molecule has 0 aromatic carbocycles. The second-order valence-electron chi connectivity index (χ2n) is 2.85. The zero-order chi connectivity index (χ0) is 8.32. The molecule has 1 aliphatic rings. The van der Waals surface area contributed by atoms with Crippen molar-refractivity contribution in [2.75, 3.05) is 6.61 Å². The average Bonchev–Trinajstić information content (AvgIpc) is 1.96. The molecule has 62 valence electrons. The van der Waals surface area contributed by atoms with Crippen LogP contribution in [0.5, 0.6) is 0 Å². The lowest BCUT2D eigenvalue weighted by molar-refractivity contribution is -0.0229. The van der Waals surface area contributed by atoms with Gasteiger partial charge in [-0.3, -0.25) is 0 Å². The first kappa shape index (κ1) is 8.34. The number of hydrogen-bond donors (Lipinski definition) is 1. The Labute approximate surface area is 67.2 Å². The molecular weight excluding hydrogens is 140 g/mol. The fourth-order valence-corrected chi connectivity index (χ4v) is 1.18. The molecule has 1 unspecified atom stereocenters. The Kier molecular flexibility index (Phi) is 2.35. The van der Waals surface area contributed by atoms with Gasteiger partial charge in [0, 0.05) is 13.0 Å². The highest BCUT2D eigenvalue weighted by molar-refractivity contribution is 5.22. The molecule has 0 amide bonds. The van der Waals surface area contributed by atoms with Crippen molar-refractivity contribution in [2.45, 2.75) is 25.9 Å². The standard InChI is InChI=1S/C9H14O2/c1-3-11-9(2)7-5-4-6-8(9)10/h4-6,10H,3,7H2,1-2H3. The number of aliphatic hydroxyl groups is 1. The molecule has 0 fully saturated rings. The van der Waals surface area contributed by atoms with Crippen molar-refractivity contribution in [2.24, 2.45) is 0 Å². The van der Waals surface area contributed by atoms with E-state index in [-0.39, 0.29) is 0 Å². The van der Waals surface area contributed by atoms with Gasteiger partial charge >= 0.3 is 0 Å². The number of hydrogen-bond acceptors (Lipinski definition) is 2. The third-order valence-electron chi connectivity index (χ3n) is 1.90. The molecule has 0 aromatic rings. The van der Waals surface area contributed by atoms with Crippen LogP contribution in [0.3, 0.4) is 0 Å². The number of aliphatic hydroxyl groups excluding tert-OH is 1. The molecule has 0 saturated heterocycles. The third kappa shape index (κ3) is 1.63. The molecule has 1 aliphatic carbocycles. The van der Waals surface area contributed by atoms with E-state index in [4.69, 9.17) is 4.74 Å². The van der Waals surface area contributed by atoms with Crippen molar-refractivity contribution in [3.05, 3.63) is 24.0 Å². The van der Waals surface area contributed by atoms with E-state index in [0.717, 1.165) is 6.42 Å². The molecule has 0 aromatic heterocycles. The van der Waals surface area contributed by atoms with Gasteiger partial charge in [-0.15, -0.1) is 0 Å². The van der Waals surface area contributed by atoms with Crippen LogP contribution in [0, 0.1) is 0 Å². The number of allylic oxidation sites excluding steroid dienone is 2. The van der Waals surface area contributed by atoms with E-state index in [1.807, 2.05) is 26.0 Å². The summed E-state index contributed by atoms with van der Waals surface area (Å²) in [4.78, 5) is 0. The van der Waals surface area contributed by atoms with E-state index in [0.29, 0.717) is 12.4 Å². The molecular formula is C9H14O2. The zero-order valence-electron chi connectivity index (χ0n) is 7.00. The van der Waals surface area contributed by atoms with E-state index in [9.17, 15) is 5.11 Å². The summed E-state index contributed by atoms with van der Waals surface area (Å²) in [5.74, 6) is 0.321. The minimum atomic E-state index is -0.483. The monoisotopic (exact) mass is 154 g/mol. The first-order chi connectivity index (χ1) is 5.19. The second kappa shape index (κ2) is 3.09. The number of rotatable bonds is 2. The van der Waals surface area contributed by atoms with Crippen LogP contribution in [0.15, 0.2) is 24.0 Å². The summed E-state index contributed by atoms with van der Waals surface area (Å²) >= 11 is 0. The minimum absolute atomic E-state index is 0.321. The average molecular weight is 154 g/mol. The quantitative estimate of drug-likeness (QED) is 0.660. The summed E-state index contributed by atoms with van der Waals surface area (Å²) in [7, 11) is 0. The van der Waals surface area contributed by atoms with Crippen LogP contribution in [0.4, 0.5) is 0 Å². The van der Waals surface area contributed by atoms with E-state index < -0.39 is 5.60 Å². The molecule has 1 rings (SSSR count). The molecule has 0 radical (unpaired) electrons. The minimum Gasteiger partial charge on any atom is -0.509 e. The second-order valence-corrected chi connectivity index (χ2v) is 2.85. The summed E-state index contributed by atoms with van der Waals surface area (Å²) in [5.41, 5.74) is -0.483. The number of ether oxygens (including phenoxy) is 1. The molecule has 0 saturated carbocycles. The lowest BCUT2D eigenvalue weighted by Crippen LogP contribution is -2.31. The molecule has 0 aliphatic heterocycles. The summed E-state index contributed by atoms with van der Waals surface area (Å²) in [6.07, 6.45) is 6.27. The summed E-state index contributed by atoms with van der Waals surface area (Å²) in [6.45, 7) is 4.45. The van der Waals surface area contributed by atoms with Gasteiger partial charge in [-0.2, -0.15) is 0 Å². The van der Waals surface area contributed by atoms with E-state index in [1.165, 1.54) is 0 Å². The lowest BCUT2D eigenvalue weighted by atomic mass is 9.95. The maximum absolute atomic E-state index is 9.44. The Hall–Kier alpha value is -0.760. The maximum atomic E-state index is 9.44.